The molecule has 0 aliphatic carbocycles. The van der Waals surface area contributed by atoms with Crippen LogP contribution in [0.1, 0.15) is 5.56 Å². The Morgan fingerprint density at radius 2 is 2.08 bits per heavy atom. The van der Waals surface area contributed by atoms with Gasteiger partial charge in [-0.2, -0.15) is 0 Å². The fourth-order valence-corrected chi connectivity index (χ4v) is 1.99. The van der Waals surface area contributed by atoms with E-state index < -0.39 is 42.3 Å². The van der Waals surface area contributed by atoms with E-state index in [0.717, 1.165) is 6.08 Å². The Kier molecular flexibility index (Phi) is 5.50. The Labute approximate surface area is 142 Å². The summed E-state index contributed by atoms with van der Waals surface area (Å²) in [5, 5.41) is 37.8. The number of carbonyl (C=O) groups is 2. The first-order valence-electron chi connectivity index (χ1n) is 7.06. The first-order chi connectivity index (χ1) is 11.8. The van der Waals surface area contributed by atoms with E-state index >= 15 is 0 Å². The Morgan fingerprint density at radius 1 is 1.36 bits per heavy atom. The summed E-state index contributed by atoms with van der Waals surface area (Å²) >= 11 is 0. The number of aromatic hydroxyl groups is 1. The predicted molar refractivity (Wildman–Crippen MR) is 82.8 cm³/mol. The van der Waals surface area contributed by atoms with Crippen molar-refractivity contribution in [1.82, 2.24) is 0 Å². The van der Waals surface area contributed by atoms with Crippen molar-refractivity contribution in [3.05, 3.63) is 41.4 Å². The maximum Gasteiger partial charge on any atom is 0.377 e. The summed E-state index contributed by atoms with van der Waals surface area (Å²) in [5.74, 6) is -3.60. The lowest BCUT2D eigenvalue weighted by Gasteiger charge is -2.16. The molecule has 1 aliphatic rings. The minimum absolute atomic E-state index is 0.0485. The zero-order valence-electron chi connectivity index (χ0n) is 13.1. The van der Waals surface area contributed by atoms with Crippen LogP contribution in [0, 0.1) is 0 Å². The molecule has 25 heavy (non-hydrogen) atoms. The number of phenolic OH excluding ortho intramolecular Hbond substituents is 1. The molecular weight excluding hydrogens is 336 g/mol. The molecule has 1 aromatic rings. The van der Waals surface area contributed by atoms with Gasteiger partial charge >= 0.3 is 11.9 Å². The van der Waals surface area contributed by atoms with Gasteiger partial charge in [-0.05, 0) is 23.8 Å². The minimum atomic E-state index is -1.54. The van der Waals surface area contributed by atoms with Crippen molar-refractivity contribution >= 4 is 18.0 Å². The second kappa shape index (κ2) is 7.58. The zero-order valence-corrected chi connectivity index (χ0v) is 13.1. The average Bonchev–Trinajstić information content (AvgIpc) is 2.86. The summed E-state index contributed by atoms with van der Waals surface area (Å²) in [5.41, 5.74) is 0.558. The van der Waals surface area contributed by atoms with Crippen molar-refractivity contribution in [2.24, 2.45) is 0 Å². The molecule has 2 rings (SSSR count). The highest BCUT2D eigenvalue weighted by Crippen LogP contribution is 2.26. The summed E-state index contributed by atoms with van der Waals surface area (Å²) in [4.78, 5) is 22.7. The minimum Gasteiger partial charge on any atom is -0.505 e. The molecule has 9 heteroatoms. The number of phenols is 1. The lowest BCUT2D eigenvalue weighted by Crippen LogP contribution is -2.33. The summed E-state index contributed by atoms with van der Waals surface area (Å²) in [6.45, 7) is -0.572. The summed E-state index contributed by atoms with van der Waals surface area (Å²) in [6.07, 6.45) is -0.563. The summed E-state index contributed by atoms with van der Waals surface area (Å²) < 4.78 is 14.2. The van der Waals surface area contributed by atoms with Gasteiger partial charge in [-0.1, -0.05) is 6.07 Å². The van der Waals surface area contributed by atoms with Crippen LogP contribution >= 0.6 is 0 Å². The first-order valence-corrected chi connectivity index (χ1v) is 7.06. The molecule has 134 valence electrons. The van der Waals surface area contributed by atoms with Gasteiger partial charge in [-0.15, -0.1) is 0 Å². The molecule has 0 saturated carbocycles. The molecule has 4 N–H and O–H groups in total. The number of esters is 2. The third kappa shape index (κ3) is 4.21. The van der Waals surface area contributed by atoms with E-state index in [-0.39, 0.29) is 11.5 Å². The van der Waals surface area contributed by atoms with Crippen LogP contribution in [0.2, 0.25) is 0 Å². The van der Waals surface area contributed by atoms with Crippen LogP contribution < -0.4 is 4.74 Å². The Hall–Kier alpha value is -3.20. The molecule has 0 saturated heterocycles. The van der Waals surface area contributed by atoms with Gasteiger partial charge in [-0.3, -0.25) is 0 Å². The third-order valence-corrected chi connectivity index (χ3v) is 3.30. The maximum atomic E-state index is 11.6. The number of rotatable bonds is 6. The quantitative estimate of drug-likeness (QED) is 0.427. The molecule has 1 aromatic carbocycles. The van der Waals surface area contributed by atoms with Crippen LogP contribution in [-0.4, -0.2) is 58.3 Å². The van der Waals surface area contributed by atoms with Gasteiger partial charge in [0, 0.05) is 6.08 Å². The number of benzene rings is 1. The second-order valence-electron chi connectivity index (χ2n) is 5.02. The second-order valence-corrected chi connectivity index (χ2v) is 5.02. The van der Waals surface area contributed by atoms with Crippen molar-refractivity contribution in [2.75, 3.05) is 13.7 Å². The van der Waals surface area contributed by atoms with Crippen molar-refractivity contribution in [2.45, 2.75) is 12.2 Å². The number of aliphatic hydroxyl groups excluding tert-OH is 3. The Morgan fingerprint density at radius 3 is 2.68 bits per heavy atom. The van der Waals surface area contributed by atoms with Gasteiger partial charge in [0.25, 0.3) is 0 Å². The van der Waals surface area contributed by atoms with Crippen LogP contribution in [0.25, 0.3) is 6.08 Å². The molecule has 0 amide bonds. The van der Waals surface area contributed by atoms with E-state index in [0.29, 0.717) is 5.56 Å². The standard InChI is InChI=1S/C16H16O9/c1-23-11-6-8(2-4-9(11)17)3-5-12(19)24-7-10(18)15-13(20)14(21)16(22)25-15/h2-6,10,15,17-18,20-21H,7H2,1H3/b5-3+/t10-,15+/m0/s1. The van der Waals surface area contributed by atoms with Crippen LogP contribution in [0.15, 0.2) is 35.8 Å². The highest BCUT2D eigenvalue weighted by atomic mass is 16.6. The maximum absolute atomic E-state index is 11.6. The predicted octanol–water partition coefficient (Wildman–Crippen LogP) is 0.571. The summed E-state index contributed by atoms with van der Waals surface area (Å²) in [7, 11) is 1.38. The molecule has 1 aliphatic heterocycles. The van der Waals surface area contributed by atoms with Gasteiger partial charge in [0.2, 0.25) is 5.76 Å². The van der Waals surface area contributed by atoms with E-state index in [1.165, 1.54) is 25.3 Å². The molecule has 0 unspecified atom stereocenters. The van der Waals surface area contributed by atoms with Crippen molar-refractivity contribution in [3.8, 4) is 11.5 Å². The highest BCUT2D eigenvalue weighted by molar-refractivity contribution is 5.89. The number of aliphatic hydroxyl groups is 3. The van der Waals surface area contributed by atoms with Crippen LogP contribution in [0.4, 0.5) is 0 Å². The number of cyclic esters (lactones) is 1. The third-order valence-electron chi connectivity index (χ3n) is 3.30. The topological polar surface area (TPSA) is 143 Å². The summed E-state index contributed by atoms with van der Waals surface area (Å²) in [6, 6.07) is 4.43. The lowest BCUT2D eigenvalue weighted by molar-refractivity contribution is -0.151. The van der Waals surface area contributed by atoms with E-state index in [1.54, 1.807) is 6.07 Å². The highest BCUT2D eigenvalue weighted by Gasteiger charge is 2.39. The monoisotopic (exact) mass is 352 g/mol. The fourth-order valence-electron chi connectivity index (χ4n) is 1.99. The average molecular weight is 352 g/mol. The van der Waals surface area contributed by atoms with Crippen LogP contribution in [0.3, 0.4) is 0 Å². The molecule has 0 spiro atoms. The normalized spacial score (nSPS) is 18.3. The number of hydrogen-bond donors (Lipinski definition) is 4. The van der Waals surface area contributed by atoms with E-state index in [1.807, 2.05) is 0 Å². The van der Waals surface area contributed by atoms with Crippen molar-refractivity contribution in [3.63, 3.8) is 0 Å². The fraction of sp³-hybridized carbons (Fsp3) is 0.250. The van der Waals surface area contributed by atoms with Gasteiger partial charge in [-0.25, -0.2) is 9.59 Å². The number of methoxy groups -OCH3 is 1. The zero-order chi connectivity index (χ0) is 18.6. The lowest BCUT2D eigenvalue weighted by atomic mass is 10.2. The molecule has 0 radical (unpaired) electrons. The van der Waals surface area contributed by atoms with Gasteiger partial charge in [0.05, 0.1) is 7.11 Å². The molecule has 1 heterocycles. The molecule has 0 bridgehead atoms. The molecule has 0 fully saturated rings. The van der Waals surface area contributed by atoms with Gasteiger partial charge < -0.3 is 34.6 Å². The van der Waals surface area contributed by atoms with Crippen molar-refractivity contribution in [1.29, 1.82) is 0 Å². The number of carbonyl (C=O) groups excluding carboxylic acids is 2. The molecule has 0 aromatic heterocycles. The van der Waals surface area contributed by atoms with E-state index in [2.05, 4.69) is 4.74 Å². The van der Waals surface area contributed by atoms with Gasteiger partial charge in [0.1, 0.15) is 12.7 Å². The van der Waals surface area contributed by atoms with Crippen LogP contribution in [-0.2, 0) is 19.1 Å². The molecular formula is C16H16O9. The Balaban J connectivity index is 1.89. The molecule has 9 nitrogen and oxygen atoms in total. The number of hydrogen-bond acceptors (Lipinski definition) is 9. The smallest absolute Gasteiger partial charge is 0.377 e. The van der Waals surface area contributed by atoms with E-state index in [4.69, 9.17) is 14.6 Å². The first kappa shape index (κ1) is 18.1. The molecule has 2 atom stereocenters. The Bertz CT molecular complexity index is 735. The van der Waals surface area contributed by atoms with Crippen LogP contribution in [0.5, 0.6) is 11.5 Å². The SMILES string of the molecule is COc1cc(/C=C/C(=O)OC[C@H](O)[C@H]2OC(=O)C(O)=C2O)ccc1O. The van der Waals surface area contributed by atoms with E-state index in [9.17, 15) is 24.9 Å². The van der Waals surface area contributed by atoms with Crippen molar-refractivity contribution < 1.29 is 44.2 Å². The number of ether oxygens (including phenoxy) is 3. The largest absolute Gasteiger partial charge is 0.505 e. The van der Waals surface area contributed by atoms with Gasteiger partial charge in [0.15, 0.2) is 23.4 Å².